The van der Waals surface area contributed by atoms with E-state index < -0.39 is 0 Å². The molecule has 5 heteroatoms. The molecule has 0 saturated heterocycles. The molecule has 1 aromatic carbocycles. The van der Waals surface area contributed by atoms with E-state index in [0.717, 1.165) is 17.0 Å². The van der Waals surface area contributed by atoms with Crippen LogP contribution in [0.1, 0.15) is 0 Å². The number of amides is 1. The van der Waals surface area contributed by atoms with Gasteiger partial charge in [0.15, 0.2) is 5.13 Å². The molecule has 0 aliphatic carbocycles. The van der Waals surface area contributed by atoms with Gasteiger partial charge in [-0.05, 0) is 30.3 Å². The third kappa shape index (κ3) is 2.75. The highest BCUT2D eigenvalue weighted by atomic mass is 32.1. The number of methoxy groups -OCH3 is 1. The summed E-state index contributed by atoms with van der Waals surface area (Å²) in [6.07, 6.45) is 1.22. The standard InChI is InChI=1S/C13H12N2O2S/c1-3-12(16)15-13-14-11(8-18-13)9-4-6-10(17-2)7-5-9/h3-8H,1H2,2H3,(H,14,15,16). The predicted molar refractivity (Wildman–Crippen MR) is 72.9 cm³/mol. The van der Waals surface area contributed by atoms with Crippen molar-refractivity contribution in [1.82, 2.24) is 4.98 Å². The molecule has 0 unspecified atom stereocenters. The number of anilines is 1. The monoisotopic (exact) mass is 260 g/mol. The molecule has 2 rings (SSSR count). The number of carbonyl (C=O) groups excluding carboxylic acids is 1. The fourth-order valence-electron chi connectivity index (χ4n) is 1.38. The third-order valence-corrected chi connectivity index (χ3v) is 3.06. The van der Waals surface area contributed by atoms with E-state index in [2.05, 4.69) is 16.9 Å². The second-order valence-corrected chi connectivity index (χ2v) is 4.32. The van der Waals surface area contributed by atoms with Gasteiger partial charge in [-0.3, -0.25) is 10.1 Å². The molecule has 0 radical (unpaired) electrons. The molecule has 0 spiro atoms. The molecular formula is C13H12N2O2S. The van der Waals surface area contributed by atoms with Crippen LogP contribution in [0.3, 0.4) is 0 Å². The maximum Gasteiger partial charge on any atom is 0.249 e. The van der Waals surface area contributed by atoms with Crippen molar-refractivity contribution in [3.05, 3.63) is 42.3 Å². The quantitative estimate of drug-likeness (QED) is 0.860. The highest BCUT2D eigenvalue weighted by Crippen LogP contribution is 2.26. The number of carbonyl (C=O) groups is 1. The molecule has 1 N–H and O–H groups in total. The van der Waals surface area contributed by atoms with Gasteiger partial charge in [0.1, 0.15) is 5.75 Å². The van der Waals surface area contributed by atoms with Gasteiger partial charge in [-0.2, -0.15) is 0 Å². The molecule has 1 amide bonds. The summed E-state index contributed by atoms with van der Waals surface area (Å²) < 4.78 is 5.09. The van der Waals surface area contributed by atoms with E-state index in [-0.39, 0.29) is 5.91 Å². The first-order chi connectivity index (χ1) is 8.72. The Labute approximate surface area is 109 Å². The van der Waals surface area contributed by atoms with Gasteiger partial charge in [0.05, 0.1) is 12.8 Å². The second kappa shape index (κ2) is 5.46. The van der Waals surface area contributed by atoms with Crippen molar-refractivity contribution in [2.24, 2.45) is 0 Å². The fourth-order valence-corrected chi connectivity index (χ4v) is 2.10. The van der Waals surface area contributed by atoms with E-state index in [1.165, 1.54) is 17.4 Å². The van der Waals surface area contributed by atoms with Crippen molar-refractivity contribution in [1.29, 1.82) is 0 Å². The molecule has 0 bridgehead atoms. The molecule has 0 saturated carbocycles. The van der Waals surface area contributed by atoms with Gasteiger partial charge < -0.3 is 4.74 Å². The topological polar surface area (TPSA) is 51.2 Å². The lowest BCUT2D eigenvalue weighted by Crippen LogP contribution is -2.06. The van der Waals surface area contributed by atoms with E-state index >= 15 is 0 Å². The lowest BCUT2D eigenvalue weighted by molar-refractivity contribution is -0.111. The maximum atomic E-state index is 11.1. The molecule has 92 valence electrons. The van der Waals surface area contributed by atoms with E-state index in [9.17, 15) is 4.79 Å². The summed E-state index contributed by atoms with van der Waals surface area (Å²) in [6.45, 7) is 3.39. The Hall–Kier alpha value is -2.14. The van der Waals surface area contributed by atoms with Gasteiger partial charge in [-0.1, -0.05) is 6.58 Å². The first-order valence-electron chi connectivity index (χ1n) is 5.26. The largest absolute Gasteiger partial charge is 0.497 e. The van der Waals surface area contributed by atoms with E-state index in [0.29, 0.717) is 5.13 Å². The first kappa shape index (κ1) is 12.3. The molecule has 0 atom stereocenters. The van der Waals surface area contributed by atoms with Crippen molar-refractivity contribution < 1.29 is 9.53 Å². The summed E-state index contributed by atoms with van der Waals surface area (Å²) in [6, 6.07) is 7.59. The number of hydrogen-bond acceptors (Lipinski definition) is 4. The van der Waals surface area contributed by atoms with Crippen LogP contribution in [-0.4, -0.2) is 18.0 Å². The summed E-state index contributed by atoms with van der Waals surface area (Å²) in [4.78, 5) is 15.5. The number of ether oxygens (including phenoxy) is 1. The summed E-state index contributed by atoms with van der Waals surface area (Å²) in [7, 11) is 1.63. The third-order valence-electron chi connectivity index (χ3n) is 2.31. The lowest BCUT2D eigenvalue weighted by atomic mass is 10.2. The molecule has 2 aromatic rings. The average molecular weight is 260 g/mol. The smallest absolute Gasteiger partial charge is 0.249 e. The Morgan fingerprint density at radius 3 is 2.78 bits per heavy atom. The van der Waals surface area contributed by atoms with Crippen LogP contribution in [0, 0.1) is 0 Å². The van der Waals surface area contributed by atoms with Crippen LogP contribution < -0.4 is 10.1 Å². The molecule has 4 nitrogen and oxygen atoms in total. The van der Waals surface area contributed by atoms with Gasteiger partial charge >= 0.3 is 0 Å². The van der Waals surface area contributed by atoms with Gasteiger partial charge in [-0.25, -0.2) is 4.98 Å². The van der Waals surface area contributed by atoms with Crippen molar-refractivity contribution in [3.8, 4) is 17.0 Å². The summed E-state index contributed by atoms with van der Waals surface area (Å²) in [5, 5.41) is 5.08. The van der Waals surface area contributed by atoms with Gasteiger partial charge in [0.25, 0.3) is 0 Å². The lowest BCUT2D eigenvalue weighted by Gasteiger charge is -2.00. The van der Waals surface area contributed by atoms with Gasteiger partial charge in [0.2, 0.25) is 5.91 Å². The highest BCUT2D eigenvalue weighted by Gasteiger charge is 2.06. The maximum absolute atomic E-state index is 11.1. The Balaban J connectivity index is 2.18. The Morgan fingerprint density at radius 1 is 1.44 bits per heavy atom. The zero-order valence-corrected chi connectivity index (χ0v) is 10.7. The van der Waals surface area contributed by atoms with Crippen molar-refractivity contribution in [2.45, 2.75) is 0 Å². The van der Waals surface area contributed by atoms with Crippen LogP contribution in [-0.2, 0) is 4.79 Å². The molecule has 0 aliphatic heterocycles. The molecular weight excluding hydrogens is 248 g/mol. The number of rotatable bonds is 4. The summed E-state index contributed by atoms with van der Waals surface area (Å²) >= 11 is 1.38. The van der Waals surface area contributed by atoms with Gasteiger partial charge in [-0.15, -0.1) is 11.3 Å². The van der Waals surface area contributed by atoms with Crippen molar-refractivity contribution in [2.75, 3.05) is 12.4 Å². The molecule has 1 aromatic heterocycles. The summed E-state index contributed by atoms with van der Waals surface area (Å²) in [5.41, 5.74) is 1.80. The minimum Gasteiger partial charge on any atom is -0.497 e. The predicted octanol–water partition coefficient (Wildman–Crippen LogP) is 2.94. The zero-order chi connectivity index (χ0) is 13.0. The molecule has 0 fully saturated rings. The van der Waals surface area contributed by atoms with E-state index in [4.69, 9.17) is 4.74 Å². The molecule has 0 aliphatic rings. The molecule has 1 heterocycles. The van der Waals surface area contributed by atoms with Crippen LogP contribution in [0.4, 0.5) is 5.13 Å². The second-order valence-electron chi connectivity index (χ2n) is 3.46. The van der Waals surface area contributed by atoms with Crippen LogP contribution in [0.2, 0.25) is 0 Å². The van der Waals surface area contributed by atoms with Crippen molar-refractivity contribution in [3.63, 3.8) is 0 Å². The Kier molecular flexibility index (Phi) is 3.74. The average Bonchev–Trinajstić information content (AvgIpc) is 2.87. The normalized spacial score (nSPS) is 9.83. The number of nitrogens with zero attached hydrogens (tertiary/aromatic N) is 1. The van der Waals surface area contributed by atoms with Gasteiger partial charge in [0, 0.05) is 10.9 Å². The fraction of sp³-hybridized carbons (Fsp3) is 0.0769. The van der Waals surface area contributed by atoms with Crippen LogP contribution in [0.15, 0.2) is 42.3 Å². The van der Waals surface area contributed by atoms with Crippen molar-refractivity contribution >= 4 is 22.4 Å². The van der Waals surface area contributed by atoms with Crippen LogP contribution in [0.25, 0.3) is 11.3 Å². The SMILES string of the molecule is C=CC(=O)Nc1nc(-c2ccc(OC)cc2)cs1. The Morgan fingerprint density at radius 2 is 2.17 bits per heavy atom. The Bertz CT molecular complexity index is 561. The highest BCUT2D eigenvalue weighted by molar-refractivity contribution is 7.14. The first-order valence-corrected chi connectivity index (χ1v) is 6.14. The minimum absolute atomic E-state index is 0.259. The zero-order valence-electron chi connectivity index (χ0n) is 9.84. The number of aromatic nitrogens is 1. The van der Waals surface area contributed by atoms with Crippen LogP contribution in [0.5, 0.6) is 5.75 Å². The van der Waals surface area contributed by atoms with E-state index in [1.54, 1.807) is 7.11 Å². The number of thiazole rings is 1. The number of hydrogen-bond donors (Lipinski definition) is 1. The number of benzene rings is 1. The van der Waals surface area contributed by atoms with E-state index in [1.807, 2.05) is 29.6 Å². The van der Waals surface area contributed by atoms with Crippen LogP contribution >= 0.6 is 11.3 Å². The summed E-state index contributed by atoms with van der Waals surface area (Å²) in [5.74, 6) is 0.541. The number of nitrogens with one attached hydrogen (secondary N) is 1. The minimum atomic E-state index is -0.259. The molecule has 18 heavy (non-hydrogen) atoms.